The Morgan fingerprint density at radius 3 is 2.84 bits per heavy atom. The third-order valence-electron chi connectivity index (χ3n) is 3.18. The number of nitro benzene ring substituents is 1. The zero-order valence-electron chi connectivity index (χ0n) is 10.4. The first-order valence-electron chi connectivity index (χ1n) is 6.30. The molecule has 0 atom stereocenters. The van der Waals surface area contributed by atoms with Crippen molar-refractivity contribution in [1.82, 2.24) is 5.32 Å². The van der Waals surface area contributed by atoms with Crippen molar-refractivity contribution in [2.75, 3.05) is 6.54 Å². The summed E-state index contributed by atoms with van der Waals surface area (Å²) in [5.74, 6) is -0.561. The second kappa shape index (κ2) is 5.77. The molecule has 1 fully saturated rings. The summed E-state index contributed by atoms with van der Waals surface area (Å²) < 4.78 is 13.4. The van der Waals surface area contributed by atoms with E-state index in [9.17, 15) is 19.3 Å². The van der Waals surface area contributed by atoms with Crippen molar-refractivity contribution in [1.29, 1.82) is 0 Å². The van der Waals surface area contributed by atoms with Gasteiger partial charge in [0.1, 0.15) is 5.82 Å². The number of nitrogens with one attached hydrogen (secondary N) is 1. The Bertz CT molecular complexity index is 501. The molecular weight excluding hydrogens is 251 g/mol. The van der Waals surface area contributed by atoms with Gasteiger partial charge in [-0.2, -0.15) is 0 Å². The van der Waals surface area contributed by atoms with Crippen LogP contribution < -0.4 is 5.32 Å². The van der Waals surface area contributed by atoms with Crippen LogP contribution in [0.2, 0.25) is 0 Å². The van der Waals surface area contributed by atoms with Crippen LogP contribution in [0.25, 0.3) is 0 Å². The van der Waals surface area contributed by atoms with Crippen molar-refractivity contribution >= 4 is 11.6 Å². The van der Waals surface area contributed by atoms with Crippen molar-refractivity contribution in [3.8, 4) is 0 Å². The molecule has 1 amide bonds. The van der Waals surface area contributed by atoms with E-state index in [0.717, 1.165) is 37.0 Å². The predicted octanol–water partition coefficient (Wildman–Crippen LogP) is 2.65. The summed E-state index contributed by atoms with van der Waals surface area (Å²) in [5.41, 5.74) is -0.565. The second-order valence-electron chi connectivity index (χ2n) is 4.76. The minimum Gasteiger partial charge on any atom is -0.352 e. The topological polar surface area (TPSA) is 72.2 Å². The van der Waals surface area contributed by atoms with Gasteiger partial charge in [0.05, 0.1) is 10.5 Å². The Kier molecular flexibility index (Phi) is 4.09. The molecule has 19 heavy (non-hydrogen) atoms. The number of amides is 1. The Morgan fingerprint density at radius 2 is 2.21 bits per heavy atom. The molecule has 5 nitrogen and oxygen atoms in total. The van der Waals surface area contributed by atoms with Gasteiger partial charge in [0, 0.05) is 18.7 Å². The Balaban J connectivity index is 1.92. The molecule has 6 heteroatoms. The third-order valence-corrected chi connectivity index (χ3v) is 3.18. The number of nitrogens with zero attached hydrogens (tertiary/aromatic N) is 1. The SMILES string of the molecule is O=C(NCCCC1CC1)c1cc([N+](=O)[O-])ccc1F. The van der Waals surface area contributed by atoms with Crippen LogP contribution in [0.5, 0.6) is 0 Å². The molecule has 1 aromatic rings. The maximum atomic E-state index is 13.4. The molecular formula is C13H15FN2O3. The molecule has 0 aliphatic heterocycles. The highest BCUT2D eigenvalue weighted by atomic mass is 19.1. The van der Waals surface area contributed by atoms with Gasteiger partial charge >= 0.3 is 0 Å². The molecule has 1 saturated carbocycles. The van der Waals surface area contributed by atoms with E-state index in [-0.39, 0.29) is 11.3 Å². The molecule has 1 aromatic carbocycles. The number of rotatable bonds is 6. The van der Waals surface area contributed by atoms with Gasteiger partial charge in [-0.05, 0) is 24.8 Å². The standard InChI is InChI=1S/C13H15FN2O3/c14-12-6-5-10(16(18)19)8-11(12)13(17)15-7-1-2-9-3-4-9/h5-6,8-9H,1-4,7H2,(H,15,17). The average molecular weight is 266 g/mol. The van der Waals surface area contributed by atoms with Crippen molar-refractivity contribution in [2.45, 2.75) is 25.7 Å². The van der Waals surface area contributed by atoms with Crippen molar-refractivity contribution in [3.63, 3.8) is 0 Å². The van der Waals surface area contributed by atoms with Crippen LogP contribution in [0.3, 0.4) is 0 Å². The van der Waals surface area contributed by atoms with Gasteiger partial charge in [0.25, 0.3) is 11.6 Å². The molecule has 102 valence electrons. The lowest BCUT2D eigenvalue weighted by Crippen LogP contribution is -2.25. The van der Waals surface area contributed by atoms with Crippen molar-refractivity contribution < 1.29 is 14.1 Å². The van der Waals surface area contributed by atoms with E-state index in [1.807, 2.05) is 0 Å². The molecule has 1 aliphatic carbocycles. The molecule has 0 unspecified atom stereocenters. The second-order valence-corrected chi connectivity index (χ2v) is 4.76. The quantitative estimate of drug-likeness (QED) is 0.488. The van der Waals surface area contributed by atoms with Crippen LogP contribution in [-0.2, 0) is 0 Å². The van der Waals surface area contributed by atoms with Crippen LogP contribution in [0.1, 0.15) is 36.0 Å². The highest BCUT2D eigenvalue weighted by Gasteiger charge is 2.20. The lowest BCUT2D eigenvalue weighted by atomic mass is 10.1. The third kappa shape index (κ3) is 3.74. The van der Waals surface area contributed by atoms with E-state index >= 15 is 0 Å². The normalized spacial score (nSPS) is 14.2. The molecule has 0 radical (unpaired) electrons. The van der Waals surface area contributed by atoms with Gasteiger partial charge in [-0.15, -0.1) is 0 Å². The molecule has 1 aliphatic rings. The first-order chi connectivity index (χ1) is 9.08. The molecule has 0 bridgehead atoms. The minimum absolute atomic E-state index is 0.277. The number of carbonyl (C=O) groups excluding carboxylic acids is 1. The molecule has 1 N–H and O–H groups in total. The van der Waals surface area contributed by atoms with Gasteiger partial charge < -0.3 is 5.32 Å². The summed E-state index contributed by atoms with van der Waals surface area (Å²) in [6, 6.07) is 2.95. The van der Waals surface area contributed by atoms with Gasteiger partial charge in [-0.1, -0.05) is 12.8 Å². The largest absolute Gasteiger partial charge is 0.352 e. The lowest BCUT2D eigenvalue weighted by Gasteiger charge is -2.05. The summed E-state index contributed by atoms with van der Waals surface area (Å²) in [6.07, 6.45) is 4.44. The fraction of sp³-hybridized carbons (Fsp3) is 0.462. The number of carbonyl (C=O) groups is 1. The Morgan fingerprint density at radius 1 is 1.47 bits per heavy atom. The number of benzene rings is 1. The Labute approximate surface area is 110 Å². The fourth-order valence-electron chi connectivity index (χ4n) is 1.90. The van der Waals surface area contributed by atoms with E-state index in [4.69, 9.17) is 0 Å². The molecule has 0 aromatic heterocycles. The van der Waals surface area contributed by atoms with Crippen LogP contribution in [0.15, 0.2) is 18.2 Å². The maximum absolute atomic E-state index is 13.4. The maximum Gasteiger partial charge on any atom is 0.270 e. The summed E-state index contributed by atoms with van der Waals surface area (Å²) in [6.45, 7) is 0.470. The van der Waals surface area contributed by atoms with E-state index in [1.54, 1.807) is 0 Å². The summed E-state index contributed by atoms with van der Waals surface area (Å²) in [7, 11) is 0. The minimum atomic E-state index is -0.745. The van der Waals surface area contributed by atoms with Crippen LogP contribution in [-0.4, -0.2) is 17.4 Å². The highest BCUT2D eigenvalue weighted by molar-refractivity contribution is 5.95. The van der Waals surface area contributed by atoms with Crippen molar-refractivity contribution in [2.24, 2.45) is 5.92 Å². The zero-order chi connectivity index (χ0) is 13.8. The Hall–Kier alpha value is -1.98. The van der Waals surface area contributed by atoms with E-state index < -0.39 is 16.6 Å². The van der Waals surface area contributed by atoms with Crippen LogP contribution in [0, 0.1) is 21.8 Å². The number of non-ortho nitro benzene ring substituents is 1. The summed E-state index contributed by atoms with van der Waals surface area (Å²) >= 11 is 0. The van der Waals surface area contributed by atoms with E-state index in [0.29, 0.717) is 6.54 Å². The van der Waals surface area contributed by atoms with E-state index in [2.05, 4.69) is 5.32 Å². The number of hydrogen-bond donors (Lipinski definition) is 1. The predicted molar refractivity (Wildman–Crippen MR) is 67.3 cm³/mol. The zero-order valence-corrected chi connectivity index (χ0v) is 10.4. The smallest absolute Gasteiger partial charge is 0.270 e. The van der Waals surface area contributed by atoms with Crippen LogP contribution in [0.4, 0.5) is 10.1 Å². The molecule has 0 heterocycles. The molecule has 0 spiro atoms. The van der Waals surface area contributed by atoms with Gasteiger partial charge in [-0.3, -0.25) is 14.9 Å². The fourth-order valence-corrected chi connectivity index (χ4v) is 1.90. The number of nitro groups is 1. The van der Waals surface area contributed by atoms with E-state index in [1.165, 1.54) is 12.8 Å². The number of hydrogen-bond acceptors (Lipinski definition) is 3. The van der Waals surface area contributed by atoms with Gasteiger partial charge in [0.15, 0.2) is 0 Å². The molecule has 2 rings (SSSR count). The summed E-state index contributed by atoms with van der Waals surface area (Å²) in [5, 5.41) is 13.2. The van der Waals surface area contributed by atoms with Crippen molar-refractivity contribution in [3.05, 3.63) is 39.7 Å². The molecule has 0 saturated heterocycles. The van der Waals surface area contributed by atoms with Gasteiger partial charge in [0.2, 0.25) is 0 Å². The highest BCUT2D eigenvalue weighted by Crippen LogP contribution is 2.33. The number of halogens is 1. The average Bonchev–Trinajstić information content (AvgIpc) is 3.18. The van der Waals surface area contributed by atoms with Crippen LogP contribution >= 0.6 is 0 Å². The van der Waals surface area contributed by atoms with Gasteiger partial charge in [-0.25, -0.2) is 4.39 Å². The first-order valence-corrected chi connectivity index (χ1v) is 6.30. The summed E-state index contributed by atoms with van der Waals surface area (Å²) in [4.78, 5) is 21.7. The lowest BCUT2D eigenvalue weighted by molar-refractivity contribution is -0.384. The first kappa shape index (κ1) is 13.5. The monoisotopic (exact) mass is 266 g/mol.